The molecule has 1 heterocycles. The van der Waals surface area contributed by atoms with Crippen molar-refractivity contribution in [1.29, 1.82) is 0 Å². The van der Waals surface area contributed by atoms with Crippen molar-refractivity contribution >= 4 is 42.9 Å². The Labute approximate surface area is 342 Å². The number of amides is 3. The number of benzene rings is 2. The molecule has 312 valence electrons. The monoisotopic (exact) mass is 800 g/mol. The molecule has 0 aliphatic carbocycles. The molecule has 3 N–H and O–H groups in total. The maximum Gasteiger partial charge on any atom is 0.308 e. The molecule has 3 rings (SSSR count). The number of nitrogens with zero attached hydrogens (tertiary/aromatic N) is 1. The number of H-pyrrole nitrogens is 1. The molecule has 0 fully saturated rings. The van der Waals surface area contributed by atoms with Crippen LogP contribution in [-0.4, -0.2) is 67.1 Å². The minimum Gasteiger partial charge on any atom is -0.543 e. The number of carbonyl (C=O) groups is 4. The summed E-state index contributed by atoms with van der Waals surface area (Å²) in [5, 5.41) is 6.88. The van der Waals surface area contributed by atoms with Gasteiger partial charge in [0.1, 0.15) is 23.9 Å². The standard InChI is InChI=1S/C46H68N4O6Si/c1-15-32(10)35(13)55-43(51)26-41(36-20-22-38(23-21-36)56-57(29(4)5,30(6)7)31(8)9)49-45(53)42(25-37-27-47-40-19-17-16-18-39(37)40)50(14)46(54)34(12)48-44(52)33(11)24-28(2)3/h15-23,27,29-35,41-42,47H,1-2,24-26H2,3-14H3,(H,48,52)(H,49,53)/t32?,33-,34-,35?,41+,42+/m0/s1. The van der Waals surface area contributed by atoms with Gasteiger partial charge in [-0.25, -0.2) is 0 Å². The number of para-hydroxylation sites is 1. The highest BCUT2D eigenvalue weighted by atomic mass is 28.4. The van der Waals surface area contributed by atoms with Gasteiger partial charge in [-0.2, -0.15) is 0 Å². The molecule has 2 aromatic carbocycles. The van der Waals surface area contributed by atoms with Crippen LogP contribution >= 0.6 is 0 Å². The first kappa shape index (κ1) is 46.7. The Balaban J connectivity index is 2.02. The van der Waals surface area contributed by atoms with Gasteiger partial charge in [0.25, 0.3) is 8.32 Å². The van der Waals surface area contributed by atoms with Gasteiger partial charge in [0, 0.05) is 42.4 Å². The lowest BCUT2D eigenvalue weighted by atomic mass is 9.99. The Morgan fingerprint density at radius 2 is 1.44 bits per heavy atom. The molecule has 1 aromatic heterocycles. The summed E-state index contributed by atoms with van der Waals surface area (Å²) in [5.74, 6) is -1.33. The van der Waals surface area contributed by atoms with Crippen LogP contribution in [0.25, 0.3) is 10.9 Å². The Kier molecular flexibility index (Phi) is 17.0. The average Bonchev–Trinajstić information content (AvgIpc) is 3.56. The largest absolute Gasteiger partial charge is 0.543 e. The third kappa shape index (κ3) is 11.9. The zero-order valence-corrected chi connectivity index (χ0v) is 37.4. The number of rotatable bonds is 21. The summed E-state index contributed by atoms with van der Waals surface area (Å²) in [6.45, 7) is 30.2. The molecule has 0 aliphatic rings. The number of carbonyl (C=O) groups excluding carboxylic acids is 4. The highest BCUT2D eigenvalue weighted by molar-refractivity contribution is 6.78. The number of likely N-dealkylation sites (N-methyl/N-ethyl adjacent to an activating group) is 1. The van der Waals surface area contributed by atoms with Crippen molar-refractivity contribution < 1.29 is 28.3 Å². The fourth-order valence-corrected chi connectivity index (χ4v) is 13.2. The van der Waals surface area contributed by atoms with Gasteiger partial charge in [0.15, 0.2) is 0 Å². The molecule has 0 saturated heterocycles. The lowest BCUT2D eigenvalue weighted by Gasteiger charge is -2.42. The second-order valence-corrected chi connectivity index (χ2v) is 22.2. The van der Waals surface area contributed by atoms with Crippen molar-refractivity contribution in [2.75, 3.05) is 7.05 Å². The van der Waals surface area contributed by atoms with Crippen LogP contribution in [0.2, 0.25) is 16.6 Å². The Bertz CT molecular complexity index is 1830. The number of nitrogens with one attached hydrogen (secondary N) is 3. The average molecular weight is 801 g/mol. The molecule has 2 unspecified atom stereocenters. The van der Waals surface area contributed by atoms with E-state index in [-0.39, 0.29) is 30.6 Å². The van der Waals surface area contributed by atoms with E-state index in [9.17, 15) is 19.2 Å². The van der Waals surface area contributed by atoms with E-state index in [0.717, 1.165) is 27.8 Å². The van der Waals surface area contributed by atoms with Gasteiger partial charge in [0.2, 0.25) is 17.7 Å². The van der Waals surface area contributed by atoms with Crippen LogP contribution in [0.4, 0.5) is 0 Å². The molecular weight excluding hydrogens is 733 g/mol. The first-order valence-corrected chi connectivity index (χ1v) is 22.5. The fraction of sp³-hybridized carbons (Fsp3) is 0.522. The van der Waals surface area contributed by atoms with Gasteiger partial charge in [-0.15, -0.1) is 13.2 Å². The van der Waals surface area contributed by atoms with E-state index in [1.165, 1.54) is 4.90 Å². The molecule has 3 aromatic rings. The molecule has 6 atom stereocenters. The van der Waals surface area contributed by atoms with Gasteiger partial charge in [-0.1, -0.05) is 97.4 Å². The third-order valence-electron chi connectivity index (χ3n) is 11.4. The predicted molar refractivity (Wildman–Crippen MR) is 233 cm³/mol. The Morgan fingerprint density at radius 1 is 0.842 bits per heavy atom. The van der Waals surface area contributed by atoms with Gasteiger partial charge >= 0.3 is 5.97 Å². The van der Waals surface area contributed by atoms with Gasteiger partial charge in [-0.05, 0) is 73.1 Å². The summed E-state index contributed by atoms with van der Waals surface area (Å²) in [6, 6.07) is 12.7. The molecule has 3 amide bonds. The smallest absolute Gasteiger partial charge is 0.308 e. The second kappa shape index (κ2) is 20.7. The van der Waals surface area contributed by atoms with Crippen molar-refractivity contribution in [3.05, 3.63) is 90.7 Å². The lowest BCUT2D eigenvalue weighted by Crippen LogP contribution is -2.55. The molecule has 10 nitrogen and oxygen atoms in total. The highest BCUT2D eigenvalue weighted by Crippen LogP contribution is 2.43. The SMILES string of the molecule is C=CC(C)C(C)OC(=O)C[C@@H](NC(=O)[C@@H](Cc1c[nH]c2ccccc12)N(C)C(=O)[C@H](C)NC(=O)[C@@H](C)CC(=C)C)c1ccc(O[Si](C(C)C)(C(C)C)C(C)C)cc1. The van der Waals surface area contributed by atoms with Gasteiger partial charge in [-0.3, -0.25) is 19.2 Å². The summed E-state index contributed by atoms with van der Waals surface area (Å²) in [5.41, 5.74) is 4.43. The number of esters is 1. The molecule has 11 heteroatoms. The molecule has 0 spiro atoms. The second-order valence-electron chi connectivity index (χ2n) is 16.9. The number of fused-ring (bicyclic) bond motifs is 1. The predicted octanol–water partition coefficient (Wildman–Crippen LogP) is 9.20. The first-order chi connectivity index (χ1) is 26.7. The molecule has 57 heavy (non-hydrogen) atoms. The number of hydrogen-bond acceptors (Lipinski definition) is 6. The number of aromatic amines is 1. The summed E-state index contributed by atoms with van der Waals surface area (Å²) < 4.78 is 12.7. The van der Waals surface area contributed by atoms with E-state index in [4.69, 9.17) is 9.16 Å². The maximum atomic E-state index is 14.7. The third-order valence-corrected chi connectivity index (χ3v) is 17.4. The lowest BCUT2D eigenvalue weighted by molar-refractivity contribution is -0.150. The Hall–Kier alpha value is -4.64. The van der Waals surface area contributed by atoms with Crippen molar-refractivity contribution in [3.63, 3.8) is 0 Å². The summed E-state index contributed by atoms with van der Waals surface area (Å²) in [6.07, 6.45) is 3.68. The summed E-state index contributed by atoms with van der Waals surface area (Å²) in [4.78, 5) is 59.8. The highest BCUT2D eigenvalue weighted by Gasteiger charge is 2.47. The van der Waals surface area contributed by atoms with E-state index < -0.39 is 50.3 Å². The van der Waals surface area contributed by atoms with E-state index in [0.29, 0.717) is 28.6 Å². The molecule has 0 bridgehead atoms. The topological polar surface area (TPSA) is 130 Å². The number of hydrogen-bond donors (Lipinski definition) is 3. The van der Waals surface area contributed by atoms with Crippen molar-refractivity contribution in [2.24, 2.45) is 11.8 Å². The van der Waals surface area contributed by atoms with Gasteiger partial charge < -0.3 is 29.7 Å². The number of ether oxygens (including phenoxy) is 1. The van der Waals surface area contributed by atoms with Crippen LogP contribution in [0, 0.1) is 11.8 Å². The quantitative estimate of drug-likeness (QED) is 0.0560. The van der Waals surface area contributed by atoms with Crippen LogP contribution < -0.4 is 15.1 Å². The number of allylic oxidation sites excluding steroid dienone is 1. The zero-order chi connectivity index (χ0) is 42.8. The van der Waals surface area contributed by atoms with Gasteiger partial charge in [0.05, 0.1) is 12.5 Å². The fourth-order valence-electron chi connectivity index (χ4n) is 7.97. The van der Waals surface area contributed by atoms with Crippen LogP contribution in [0.1, 0.15) is 106 Å². The molecular formula is C46H68N4O6Si. The molecule has 0 saturated carbocycles. The molecule has 0 aliphatic heterocycles. The zero-order valence-electron chi connectivity index (χ0n) is 36.4. The van der Waals surface area contributed by atoms with E-state index >= 15 is 0 Å². The Morgan fingerprint density at radius 3 is 2.00 bits per heavy atom. The van der Waals surface area contributed by atoms with Crippen molar-refractivity contribution in [1.82, 2.24) is 20.5 Å². The summed E-state index contributed by atoms with van der Waals surface area (Å²) >= 11 is 0. The van der Waals surface area contributed by atoms with Crippen LogP contribution in [0.3, 0.4) is 0 Å². The van der Waals surface area contributed by atoms with Crippen LogP contribution in [0.5, 0.6) is 5.75 Å². The molecule has 0 radical (unpaired) electrons. The normalized spacial score (nSPS) is 15.0. The minimum atomic E-state index is -2.24. The summed E-state index contributed by atoms with van der Waals surface area (Å²) in [7, 11) is -0.670. The van der Waals surface area contributed by atoms with E-state index in [1.54, 1.807) is 27.0 Å². The first-order valence-electron chi connectivity index (χ1n) is 20.4. The number of aromatic nitrogens is 1. The van der Waals surface area contributed by atoms with E-state index in [1.807, 2.05) is 75.5 Å². The van der Waals surface area contributed by atoms with E-state index in [2.05, 4.69) is 70.3 Å². The van der Waals surface area contributed by atoms with Crippen molar-refractivity contribution in [3.8, 4) is 5.75 Å². The minimum absolute atomic E-state index is 0.0720. The van der Waals surface area contributed by atoms with Crippen LogP contribution in [-0.2, 0) is 30.3 Å². The maximum absolute atomic E-state index is 14.7. The van der Waals surface area contributed by atoms with Crippen LogP contribution in [0.15, 0.2) is 79.5 Å². The van der Waals surface area contributed by atoms with Crippen molar-refractivity contribution in [2.45, 2.75) is 136 Å².